The van der Waals surface area contributed by atoms with Crippen molar-refractivity contribution in [3.63, 3.8) is 0 Å². The van der Waals surface area contributed by atoms with Crippen LogP contribution in [0.5, 0.6) is 0 Å². The van der Waals surface area contributed by atoms with Crippen molar-refractivity contribution in [3.05, 3.63) is 114 Å². The van der Waals surface area contributed by atoms with E-state index in [9.17, 15) is 9.59 Å². The van der Waals surface area contributed by atoms with Crippen LogP contribution in [0.1, 0.15) is 54.9 Å². The lowest BCUT2D eigenvalue weighted by Crippen LogP contribution is -2.37. The Morgan fingerprint density at radius 1 is 0.707 bits per heavy atom. The molecule has 6 nitrogen and oxygen atoms in total. The summed E-state index contributed by atoms with van der Waals surface area (Å²) in [5.41, 5.74) is 6.23. The van der Waals surface area contributed by atoms with Crippen molar-refractivity contribution in [1.29, 1.82) is 0 Å². The maximum absolute atomic E-state index is 12.9. The number of rotatable bonds is 13. The third kappa shape index (κ3) is 8.70. The number of anilines is 3. The molecule has 0 saturated heterocycles. The molecular weight excluding hydrogens is 508 g/mol. The van der Waals surface area contributed by atoms with E-state index in [0.717, 1.165) is 46.6 Å². The van der Waals surface area contributed by atoms with Crippen LogP contribution in [-0.2, 0) is 6.54 Å². The summed E-state index contributed by atoms with van der Waals surface area (Å²) in [6.07, 6.45) is 5.84. The van der Waals surface area contributed by atoms with Crippen molar-refractivity contribution in [2.75, 3.05) is 29.1 Å². The lowest BCUT2D eigenvalue weighted by Gasteiger charge is -2.19. The Balaban J connectivity index is 1.34. The van der Waals surface area contributed by atoms with Crippen LogP contribution in [0.15, 0.2) is 103 Å². The summed E-state index contributed by atoms with van der Waals surface area (Å²) >= 11 is 0. The predicted molar refractivity (Wildman–Crippen MR) is 171 cm³/mol. The van der Waals surface area contributed by atoms with E-state index < -0.39 is 0 Å². The SMILES string of the molecule is CCCCCCCNC(=O)N(C)c1cccc(-c2ccc(NCc3ccccc3C(=O)Nc3ccccc3)cc2)c1. The Hall–Kier alpha value is -4.58. The standard InChI is InChI=1S/C35H40N4O2/c1-3-4-5-6-12-24-36-35(41)39(2)32-18-13-15-28(25-32)27-20-22-30(23-21-27)37-26-29-14-10-11-19-33(29)34(40)38-31-16-8-7-9-17-31/h7-11,13-23,25,37H,3-6,12,24,26H2,1-2H3,(H,36,41)(H,38,40). The summed E-state index contributed by atoms with van der Waals surface area (Å²) in [6.45, 7) is 3.42. The van der Waals surface area contributed by atoms with E-state index in [4.69, 9.17) is 0 Å². The zero-order valence-electron chi connectivity index (χ0n) is 24.0. The van der Waals surface area contributed by atoms with Gasteiger partial charge in [0.2, 0.25) is 0 Å². The number of urea groups is 1. The molecule has 0 fully saturated rings. The van der Waals surface area contributed by atoms with Gasteiger partial charge in [0, 0.05) is 42.8 Å². The fourth-order valence-electron chi connectivity index (χ4n) is 4.65. The second-order valence-corrected chi connectivity index (χ2v) is 10.2. The number of nitrogens with one attached hydrogen (secondary N) is 3. The van der Waals surface area contributed by atoms with Crippen molar-refractivity contribution >= 4 is 29.0 Å². The van der Waals surface area contributed by atoms with E-state index in [-0.39, 0.29) is 11.9 Å². The molecule has 3 N–H and O–H groups in total. The Bertz CT molecular complexity index is 1400. The van der Waals surface area contributed by atoms with Gasteiger partial charge in [0.05, 0.1) is 0 Å². The van der Waals surface area contributed by atoms with Gasteiger partial charge in [0.1, 0.15) is 0 Å². The summed E-state index contributed by atoms with van der Waals surface area (Å²) in [6, 6.07) is 33.2. The topological polar surface area (TPSA) is 73.5 Å². The molecule has 0 saturated carbocycles. The first-order valence-electron chi connectivity index (χ1n) is 14.5. The van der Waals surface area contributed by atoms with E-state index in [1.807, 2.05) is 91.0 Å². The first kappa shape index (κ1) is 29.4. The zero-order chi connectivity index (χ0) is 28.9. The maximum atomic E-state index is 12.9. The van der Waals surface area contributed by atoms with Gasteiger partial charge in [-0.05, 0) is 65.6 Å². The fourth-order valence-corrected chi connectivity index (χ4v) is 4.65. The largest absolute Gasteiger partial charge is 0.381 e. The van der Waals surface area contributed by atoms with E-state index in [1.54, 1.807) is 11.9 Å². The molecule has 0 bridgehead atoms. The Morgan fingerprint density at radius 2 is 1.44 bits per heavy atom. The highest BCUT2D eigenvalue weighted by Gasteiger charge is 2.12. The number of amides is 3. The molecule has 6 heteroatoms. The molecule has 0 aliphatic heterocycles. The summed E-state index contributed by atoms with van der Waals surface area (Å²) in [5, 5.41) is 9.43. The summed E-state index contributed by atoms with van der Waals surface area (Å²) in [4.78, 5) is 27.2. The molecule has 0 atom stereocenters. The van der Waals surface area contributed by atoms with Crippen LogP contribution in [0, 0.1) is 0 Å². The van der Waals surface area contributed by atoms with Crippen LogP contribution in [0.4, 0.5) is 21.9 Å². The lowest BCUT2D eigenvalue weighted by atomic mass is 10.0. The summed E-state index contributed by atoms with van der Waals surface area (Å²) in [7, 11) is 1.80. The van der Waals surface area contributed by atoms with Crippen LogP contribution in [-0.4, -0.2) is 25.5 Å². The van der Waals surface area contributed by atoms with Crippen LogP contribution in [0.3, 0.4) is 0 Å². The molecule has 3 amide bonds. The highest BCUT2D eigenvalue weighted by molar-refractivity contribution is 6.05. The molecule has 0 heterocycles. The normalized spacial score (nSPS) is 10.6. The van der Waals surface area contributed by atoms with Crippen LogP contribution >= 0.6 is 0 Å². The Labute approximate surface area is 243 Å². The fraction of sp³-hybridized carbons (Fsp3) is 0.257. The van der Waals surface area contributed by atoms with Gasteiger partial charge in [-0.3, -0.25) is 9.69 Å². The average Bonchev–Trinajstić information content (AvgIpc) is 3.02. The Morgan fingerprint density at radius 3 is 2.22 bits per heavy atom. The van der Waals surface area contributed by atoms with Crippen molar-refractivity contribution < 1.29 is 9.59 Å². The summed E-state index contributed by atoms with van der Waals surface area (Å²) < 4.78 is 0. The quantitative estimate of drug-likeness (QED) is 0.147. The lowest BCUT2D eigenvalue weighted by molar-refractivity contribution is 0.102. The van der Waals surface area contributed by atoms with Crippen molar-refractivity contribution in [2.24, 2.45) is 0 Å². The van der Waals surface area contributed by atoms with Crippen LogP contribution < -0.4 is 20.9 Å². The van der Waals surface area contributed by atoms with Gasteiger partial charge in [0.25, 0.3) is 5.91 Å². The third-order valence-electron chi connectivity index (χ3n) is 7.09. The smallest absolute Gasteiger partial charge is 0.321 e. The summed E-state index contributed by atoms with van der Waals surface area (Å²) in [5.74, 6) is -0.130. The minimum absolute atomic E-state index is 0.0880. The average molecular weight is 549 g/mol. The van der Waals surface area contributed by atoms with Crippen LogP contribution in [0.25, 0.3) is 11.1 Å². The molecule has 41 heavy (non-hydrogen) atoms. The van der Waals surface area contributed by atoms with Gasteiger partial charge < -0.3 is 16.0 Å². The van der Waals surface area contributed by atoms with E-state index in [1.165, 1.54) is 19.3 Å². The molecule has 4 aromatic rings. The number of carbonyl (C=O) groups excluding carboxylic acids is 2. The number of para-hydroxylation sites is 1. The zero-order valence-corrected chi connectivity index (χ0v) is 24.0. The molecule has 0 spiro atoms. The van der Waals surface area contributed by atoms with E-state index in [0.29, 0.717) is 18.7 Å². The number of unbranched alkanes of at least 4 members (excludes halogenated alkanes) is 4. The first-order chi connectivity index (χ1) is 20.0. The molecule has 0 aliphatic carbocycles. The number of hydrogen-bond acceptors (Lipinski definition) is 3. The monoisotopic (exact) mass is 548 g/mol. The molecule has 0 radical (unpaired) electrons. The molecule has 0 aliphatic rings. The predicted octanol–water partition coefficient (Wildman–Crippen LogP) is 8.33. The second kappa shape index (κ2) is 15.3. The number of nitrogens with zero attached hydrogens (tertiary/aromatic N) is 1. The van der Waals surface area contributed by atoms with Gasteiger partial charge in [-0.15, -0.1) is 0 Å². The molecule has 4 aromatic carbocycles. The molecular formula is C35H40N4O2. The number of hydrogen-bond donors (Lipinski definition) is 3. The second-order valence-electron chi connectivity index (χ2n) is 10.2. The van der Waals surface area contributed by atoms with E-state index >= 15 is 0 Å². The van der Waals surface area contributed by atoms with Gasteiger partial charge in [-0.1, -0.05) is 93.3 Å². The molecule has 0 aromatic heterocycles. The number of carbonyl (C=O) groups is 2. The van der Waals surface area contributed by atoms with Crippen LogP contribution in [0.2, 0.25) is 0 Å². The number of benzene rings is 4. The highest BCUT2D eigenvalue weighted by atomic mass is 16.2. The van der Waals surface area contributed by atoms with E-state index in [2.05, 4.69) is 35.0 Å². The Kier molecular flexibility index (Phi) is 11.0. The minimum atomic E-state index is -0.130. The van der Waals surface area contributed by atoms with Crippen molar-refractivity contribution in [1.82, 2.24) is 5.32 Å². The first-order valence-corrected chi connectivity index (χ1v) is 14.5. The molecule has 212 valence electrons. The third-order valence-corrected chi connectivity index (χ3v) is 7.09. The molecule has 4 rings (SSSR count). The van der Waals surface area contributed by atoms with Crippen molar-refractivity contribution in [3.8, 4) is 11.1 Å². The van der Waals surface area contributed by atoms with Gasteiger partial charge in [0.15, 0.2) is 0 Å². The molecule has 0 unspecified atom stereocenters. The maximum Gasteiger partial charge on any atom is 0.321 e. The highest BCUT2D eigenvalue weighted by Crippen LogP contribution is 2.26. The van der Waals surface area contributed by atoms with Crippen molar-refractivity contribution in [2.45, 2.75) is 45.6 Å². The van der Waals surface area contributed by atoms with Gasteiger partial charge in [-0.25, -0.2) is 4.79 Å². The van der Waals surface area contributed by atoms with Gasteiger partial charge in [-0.2, -0.15) is 0 Å². The van der Waals surface area contributed by atoms with Gasteiger partial charge >= 0.3 is 6.03 Å². The minimum Gasteiger partial charge on any atom is -0.381 e.